The van der Waals surface area contributed by atoms with Crippen LogP contribution in [0.5, 0.6) is 0 Å². The van der Waals surface area contributed by atoms with Crippen molar-refractivity contribution in [3.8, 4) is 0 Å². The van der Waals surface area contributed by atoms with E-state index in [1.54, 1.807) is 0 Å². The van der Waals surface area contributed by atoms with E-state index < -0.39 is 16.0 Å². The molecule has 0 radical (unpaired) electrons. The Morgan fingerprint density at radius 2 is 2.15 bits per heavy atom. The summed E-state index contributed by atoms with van der Waals surface area (Å²) in [6, 6.07) is 3.62. The van der Waals surface area contributed by atoms with Gasteiger partial charge in [-0.15, -0.1) is 0 Å². The van der Waals surface area contributed by atoms with E-state index in [0.29, 0.717) is 0 Å². The fourth-order valence-electron chi connectivity index (χ4n) is 1.42. The summed E-state index contributed by atoms with van der Waals surface area (Å²) in [6.45, 7) is 0. The van der Waals surface area contributed by atoms with E-state index in [-0.39, 0.29) is 20.9 Å². The van der Waals surface area contributed by atoms with Gasteiger partial charge in [0.05, 0.1) is 5.56 Å². The van der Waals surface area contributed by atoms with Gasteiger partial charge < -0.3 is 5.11 Å². The molecule has 0 aliphatic rings. The molecule has 2 rings (SSSR count). The molecule has 1 aromatic heterocycles. The zero-order chi connectivity index (χ0) is 14.9. The van der Waals surface area contributed by atoms with Crippen LogP contribution >= 0.6 is 15.9 Å². The predicted octanol–water partition coefficient (Wildman–Crippen LogP) is 1.08. The fourth-order valence-corrected chi connectivity index (χ4v) is 3.53. The van der Waals surface area contributed by atoms with Gasteiger partial charge in [-0.25, -0.2) is 22.6 Å². The van der Waals surface area contributed by atoms with Gasteiger partial charge in [0.25, 0.3) is 10.0 Å². The minimum atomic E-state index is -3.89. The molecule has 0 fully saturated rings. The quantitative estimate of drug-likeness (QED) is 0.842. The number of nitrogens with one attached hydrogen (secondary N) is 1. The molecule has 2 aromatic rings. The smallest absolute Gasteiger partial charge is 0.335 e. The number of carboxylic acid groups (broad SMARTS) is 1. The lowest BCUT2D eigenvalue weighted by molar-refractivity contribution is 0.0696. The number of sulfonamides is 1. The maximum absolute atomic E-state index is 12.2. The molecule has 0 unspecified atom stereocenters. The first-order chi connectivity index (χ1) is 9.31. The largest absolute Gasteiger partial charge is 0.478 e. The van der Waals surface area contributed by atoms with Crippen molar-refractivity contribution in [3.63, 3.8) is 0 Å². The van der Waals surface area contributed by atoms with Crippen LogP contribution in [0.1, 0.15) is 10.4 Å². The molecule has 0 amide bonds. The van der Waals surface area contributed by atoms with Gasteiger partial charge in [0, 0.05) is 11.5 Å². The van der Waals surface area contributed by atoms with Crippen LogP contribution in [0.2, 0.25) is 0 Å². The van der Waals surface area contributed by atoms with Crippen molar-refractivity contribution >= 4 is 37.9 Å². The number of anilines is 1. The number of benzene rings is 1. The van der Waals surface area contributed by atoms with E-state index in [2.05, 4.69) is 30.7 Å². The summed E-state index contributed by atoms with van der Waals surface area (Å²) in [6.07, 6.45) is 1.21. The second-order valence-electron chi connectivity index (χ2n) is 3.76. The van der Waals surface area contributed by atoms with Gasteiger partial charge in [0.15, 0.2) is 0 Å². The molecule has 0 bridgehead atoms. The third kappa shape index (κ3) is 2.80. The molecule has 0 aliphatic carbocycles. The third-order valence-corrected chi connectivity index (χ3v) is 4.71. The van der Waals surface area contributed by atoms with Gasteiger partial charge in [0.2, 0.25) is 5.95 Å². The third-order valence-electron chi connectivity index (χ3n) is 2.41. The van der Waals surface area contributed by atoms with Crippen LogP contribution in [0, 0.1) is 0 Å². The summed E-state index contributed by atoms with van der Waals surface area (Å²) in [5.41, 5.74) is -0.0190. The predicted molar refractivity (Wildman–Crippen MR) is 72.9 cm³/mol. The van der Waals surface area contributed by atoms with Gasteiger partial charge >= 0.3 is 5.97 Å². The lowest BCUT2D eigenvalue weighted by atomic mass is 10.2. The van der Waals surface area contributed by atoms with Gasteiger partial charge in [-0.2, -0.15) is 10.1 Å². The van der Waals surface area contributed by atoms with Crippen molar-refractivity contribution in [2.24, 2.45) is 7.05 Å². The molecule has 106 valence electrons. The van der Waals surface area contributed by atoms with Crippen molar-refractivity contribution in [1.29, 1.82) is 0 Å². The zero-order valence-corrected chi connectivity index (χ0v) is 12.5. The SMILES string of the molecule is Cn1ncnc1NS(=O)(=O)c1ccc(C(=O)O)cc1Br. The van der Waals surface area contributed by atoms with Crippen LogP contribution in [0.15, 0.2) is 33.9 Å². The Labute approximate surface area is 122 Å². The normalized spacial score (nSPS) is 11.3. The topological polar surface area (TPSA) is 114 Å². The molecule has 0 spiro atoms. The number of rotatable bonds is 4. The number of carboxylic acids is 1. The number of nitrogens with zero attached hydrogens (tertiary/aromatic N) is 3. The fraction of sp³-hybridized carbons (Fsp3) is 0.100. The van der Waals surface area contributed by atoms with Crippen LogP contribution < -0.4 is 4.72 Å². The summed E-state index contributed by atoms with van der Waals surface area (Å²) in [4.78, 5) is 14.5. The second kappa shape index (κ2) is 5.21. The monoisotopic (exact) mass is 360 g/mol. The minimum Gasteiger partial charge on any atom is -0.478 e. The first-order valence-electron chi connectivity index (χ1n) is 5.21. The first kappa shape index (κ1) is 14.5. The lowest BCUT2D eigenvalue weighted by Gasteiger charge is -2.09. The molecule has 8 nitrogen and oxygen atoms in total. The highest BCUT2D eigenvalue weighted by Gasteiger charge is 2.20. The Bertz CT molecular complexity index is 771. The second-order valence-corrected chi connectivity index (χ2v) is 6.27. The number of carbonyl (C=O) groups is 1. The average molecular weight is 361 g/mol. The molecule has 0 saturated heterocycles. The van der Waals surface area contributed by atoms with Crippen LogP contribution in [0.4, 0.5) is 5.95 Å². The molecule has 10 heteroatoms. The molecule has 1 heterocycles. The van der Waals surface area contributed by atoms with Crippen molar-refractivity contribution in [2.75, 3.05) is 4.72 Å². The Hall–Kier alpha value is -1.94. The van der Waals surface area contributed by atoms with Crippen LogP contribution in [0.3, 0.4) is 0 Å². The lowest BCUT2D eigenvalue weighted by Crippen LogP contribution is -2.17. The van der Waals surface area contributed by atoms with Gasteiger partial charge in [-0.05, 0) is 34.1 Å². The van der Waals surface area contributed by atoms with E-state index >= 15 is 0 Å². The minimum absolute atomic E-state index is 0.0190. The van der Waals surface area contributed by atoms with Crippen LogP contribution in [-0.4, -0.2) is 34.3 Å². The Balaban J connectivity index is 2.40. The van der Waals surface area contributed by atoms with E-state index in [1.165, 1.54) is 36.3 Å². The Morgan fingerprint density at radius 3 is 2.65 bits per heavy atom. The molecule has 0 atom stereocenters. The van der Waals surface area contributed by atoms with Crippen molar-refractivity contribution in [2.45, 2.75) is 4.90 Å². The molecular formula is C10H9BrN4O4S. The van der Waals surface area contributed by atoms with Crippen molar-refractivity contribution in [3.05, 3.63) is 34.6 Å². The Kier molecular flexibility index (Phi) is 3.77. The summed E-state index contributed by atoms with van der Waals surface area (Å²) < 4.78 is 28.0. The number of aromatic nitrogens is 3. The van der Waals surface area contributed by atoms with E-state index in [9.17, 15) is 13.2 Å². The molecular weight excluding hydrogens is 352 g/mol. The van der Waals surface area contributed by atoms with Crippen LogP contribution in [-0.2, 0) is 17.1 Å². The maximum atomic E-state index is 12.2. The van der Waals surface area contributed by atoms with Crippen molar-refractivity contribution < 1.29 is 18.3 Å². The summed E-state index contributed by atoms with van der Waals surface area (Å²) in [5, 5.41) is 12.6. The highest BCUT2D eigenvalue weighted by molar-refractivity contribution is 9.10. The molecule has 1 aromatic carbocycles. The van der Waals surface area contributed by atoms with E-state index in [1.807, 2.05) is 0 Å². The zero-order valence-electron chi connectivity index (χ0n) is 10.1. The van der Waals surface area contributed by atoms with Gasteiger partial charge in [-0.3, -0.25) is 0 Å². The molecule has 2 N–H and O–H groups in total. The highest BCUT2D eigenvalue weighted by Crippen LogP contribution is 2.24. The number of hydrogen-bond acceptors (Lipinski definition) is 5. The number of hydrogen-bond donors (Lipinski definition) is 2. The number of halogens is 1. The highest BCUT2D eigenvalue weighted by atomic mass is 79.9. The average Bonchev–Trinajstić information content (AvgIpc) is 2.73. The summed E-state index contributed by atoms with van der Waals surface area (Å²) >= 11 is 3.05. The van der Waals surface area contributed by atoms with Gasteiger partial charge in [-0.1, -0.05) is 0 Å². The molecule has 0 saturated carbocycles. The molecule has 20 heavy (non-hydrogen) atoms. The molecule has 0 aliphatic heterocycles. The van der Waals surface area contributed by atoms with Gasteiger partial charge in [0.1, 0.15) is 11.2 Å². The maximum Gasteiger partial charge on any atom is 0.335 e. The summed E-state index contributed by atoms with van der Waals surface area (Å²) in [7, 11) is -2.36. The van der Waals surface area contributed by atoms with Crippen molar-refractivity contribution in [1.82, 2.24) is 14.8 Å². The van der Waals surface area contributed by atoms with E-state index in [4.69, 9.17) is 5.11 Å². The van der Waals surface area contributed by atoms with Crippen LogP contribution in [0.25, 0.3) is 0 Å². The number of aryl methyl sites for hydroxylation is 1. The first-order valence-corrected chi connectivity index (χ1v) is 7.48. The van der Waals surface area contributed by atoms with E-state index in [0.717, 1.165) is 0 Å². The standard InChI is InChI=1S/C10H9BrN4O4S/c1-15-10(12-5-13-15)14-20(18,19)8-3-2-6(9(16)17)4-7(8)11/h2-5H,1H3,(H,16,17)(H,12,13,14). The number of aromatic carboxylic acids is 1. The summed E-state index contributed by atoms with van der Waals surface area (Å²) in [5.74, 6) is -1.09. The Morgan fingerprint density at radius 1 is 1.45 bits per heavy atom.